The minimum Gasteiger partial charge on any atom is -0.508 e. The van der Waals surface area contributed by atoms with Crippen LogP contribution in [0.15, 0.2) is 12.1 Å². The Hall–Kier alpha value is -1.75. The number of benzene rings is 1. The van der Waals surface area contributed by atoms with Gasteiger partial charge in [0, 0.05) is 24.7 Å². The zero-order valence-corrected chi connectivity index (χ0v) is 9.28. The van der Waals surface area contributed by atoms with Crippen LogP contribution >= 0.6 is 0 Å². The Morgan fingerprint density at radius 2 is 1.75 bits per heavy atom. The summed E-state index contributed by atoms with van der Waals surface area (Å²) in [6.45, 7) is 4.11. The highest BCUT2D eigenvalue weighted by Crippen LogP contribution is 2.31. The summed E-state index contributed by atoms with van der Waals surface area (Å²) in [5, 5.41) is 38.9. The lowest BCUT2D eigenvalue weighted by atomic mass is 10.1. The fraction of sp³-hybridized carbons (Fsp3) is 0.364. The molecule has 0 spiro atoms. The Morgan fingerprint density at radius 1 is 1.25 bits per heavy atom. The standard InChI is InChI=1S/C11H16N2O3/c1-6(2)13-5-8(12)11-9(15)3-7(14)4-10(11)16/h3-4,6,12-16H,5H2,1-2H3. The number of phenols is 3. The van der Waals surface area contributed by atoms with Crippen molar-refractivity contribution in [3.8, 4) is 17.2 Å². The van der Waals surface area contributed by atoms with Gasteiger partial charge in [-0.2, -0.15) is 0 Å². The van der Waals surface area contributed by atoms with Gasteiger partial charge in [-0.1, -0.05) is 13.8 Å². The maximum absolute atomic E-state index is 9.52. The van der Waals surface area contributed by atoms with Crippen LogP contribution in [-0.4, -0.2) is 33.6 Å². The van der Waals surface area contributed by atoms with Gasteiger partial charge in [-0.15, -0.1) is 0 Å². The van der Waals surface area contributed by atoms with E-state index in [0.29, 0.717) is 0 Å². The molecule has 5 heteroatoms. The second kappa shape index (κ2) is 4.85. The molecular formula is C11H16N2O3. The van der Waals surface area contributed by atoms with Crippen LogP contribution in [-0.2, 0) is 0 Å². The predicted octanol–water partition coefficient (Wildman–Crippen LogP) is 1.17. The van der Waals surface area contributed by atoms with E-state index in [2.05, 4.69) is 5.32 Å². The summed E-state index contributed by atoms with van der Waals surface area (Å²) in [5.74, 6) is -0.829. The molecule has 88 valence electrons. The van der Waals surface area contributed by atoms with Crippen molar-refractivity contribution in [2.24, 2.45) is 0 Å². The highest BCUT2D eigenvalue weighted by Gasteiger charge is 2.14. The van der Waals surface area contributed by atoms with Crippen LogP contribution in [0.2, 0.25) is 0 Å². The van der Waals surface area contributed by atoms with E-state index in [4.69, 9.17) is 10.5 Å². The minimum absolute atomic E-state index is 0.0472. The Bertz CT molecular complexity index is 379. The van der Waals surface area contributed by atoms with Crippen molar-refractivity contribution in [2.45, 2.75) is 19.9 Å². The smallest absolute Gasteiger partial charge is 0.132 e. The Morgan fingerprint density at radius 3 is 2.19 bits per heavy atom. The molecule has 5 N–H and O–H groups in total. The normalized spacial score (nSPS) is 10.7. The zero-order chi connectivity index (χ0) is 12.3. The van der Waals surface area contributed by atoms with Gasteiger partial charge < -0.3 is 26.0 Å². The van der Waals surface area contributed by atoms with Crippen molar-refractivity contribution in [2.75, 3.05) is 6.54 Å². The van der Waals surface area contributed by atoms with E-state index in [-0.39, 0.29) is 41.1 Å². The van der Waals surface area contributed by atoms with Gasteiger partial charge >= 0.3 is 0 Å². The van der Waals surface area contributed by atoms with Crippen molar-refractivity contribution < 1.29 is 15.3 Å². The average Bonchev–Trinajstić information content (AvgIpc) is 2.12. The molecule has 0 unspecified atom stereocenters. The minimum atomic E-state index is -0.298. The van der Waals surface area contributed by atoms with E-state index < -0.39 is 0 Å². The fourth-order valence-electron chi connectivity index (χ4n) is 1.30. The molecule has 0 aliphatic rings. The number of nitrogens with one attached hydrogen (secondary N) is 2. The van der Waals surface area contributed by atoms with Crippen LogP contribution in [0.1, 0.15) is 19.4 Å². The van der Waals surface area contributed by atoms with Crippen LogP contribution < -0.4 is 5.32 Å². The molecule has 0 heterocycles. The van der Waals surface area contributed by atoms with Crippen LogP contribution in [0.25, 0.3) is 0 Å². The first kappa shape index (κ1) is 12.3. The lowest BCUT2D eigenvalue weighted by molar-refractivity contribution is 0.426. The molecular weight excluding hydrogens is 208 g/mol. The summed E-state index contributed by atoms with van der Waals surface area (Å²) in [4.78, 5) is 0. The van der Waals surface area contributed by atoms with Crippen LogP contribution in [0, 0.1) is 5.41 Å². The maximum Gasteiger partial charge on any atom is 0.132 e. The van der Waals surface area contributed by atoms with Crippen LogP contribution in [0.4, 0.5) is 0 Å². The van der Waals surface area contributed by atoms with Crippen molar-refractivity contribution in [1.29, 1.82) is 5.41 Å². The molecule has 1 rings (SSSR count). The molecule has 16 heavy (non-hydrogen) atoms. The fourth-order valence-corrected chi connectivity index (χ4v) is 1.30. The summed E-state index contributed by atoms with van der Waals surface area (Å²) < 4.78 is 0. The highest BCUT2D eigenvalue weighted by atomic mass is 16.3. The van der Waals surface area contributed by atoms with Crippen LogP contribution in [0.5, 0.6) is 17.2 Å². The second-order valence-electron chi connectivity index (χ2n) is 3.87. The van der Waals surface area contributed by atoms with Crippen molar-refractivity contribution >= 4 is 5.71 Å². The highest BCUT2D eigenvalue weighted by molar-refractivity contribution is 6.04. The van der Waals surface area contributed by atoms with E-state index in [9.17, 15) is 10.2 Å². The monoisotopic (exact) mass is 224 g/mol. The lowest BCUT2D eigenvalue weighted by Gasteiger charge is -2.12. The van der Waals surface area contributed by atoms with E-state index >= 15 is 0 Å². The van der Waals surface area contributed by atoms with Gasteiger partial charge in [0.15, 0.2) is 0 Å². The summed E-state index contributed by atoms with van der Waals surface area (Å²) >= 11 is 0. The van der Waals surface area contributed by atoms with Crippen LogP contribution in [0.3, 0.4) is 0 Å². The second-order valence-corrected chi connectivity index (χ2v) is 3.87. The van der Waals surface area contributed by atoms with Gasteiger partial charge in [0.05, 0.1) is 11.3 Å². The van der Waals surface area contributed by atoms with Crippen molar-refractivity contribution in [1.82, 2.24) is 5.32 Å². The predicted molar refractivity (Wildman–Crippen MR) is 61.4 cm³/mol. The van der Waals surface area contributed by atoms with Gasteiger partial charge in [0.2, 0.25) is 0 Å². The largest absolute Gasteiger partial charge is 0.508 e. The number of rotatable bonds is 4. The quantitative estimate of drug-likeness (QED) is 0.496. The Labute approximate surface area is 93.9 Å². The molecule has 5 nitrogen and oxygen atoms in total. The first-order chi connectivity index (χ1) is 7.41. The third-order valence-electron chi connectivity index (χ3n) is 2.07. The Kier molecular flexibility index (Phi) is 3.73. The van der Waals surface area contributed by atoms with E-state index in [1.165, 1.54) is 0 Å². The lowest BCUT2D eigenvalue weighted by Crippen LogP contribution is -2.29. The summed E-state index contributed by atoms with van der Waals surface area (Å²) in [6, 6.07) is 2.40. The van der Waals surface area contributed by atoms with Gasteiger partial charge in [0.1, 0.15) is 17.2 Å². The number of aromatic hydroxyl groups is 3. The summed E-state index contributed by atoms with van der Waals surface area (Å²) in [5.41, 5.74) is 0.120. The number of hydrogen-bond donors (Lipinski definition) is 5. The maximum atomic E-state index is 9.52. The van der Waals surface area contributed by atoms with E-state index in [1.807, 2.05) is 13.8 Å². The van der Waals surface area contributed by atoms with Gasteiger partial charge in [0.25, 0.3) is 0 Å². The molecule has 0 bridgehead atoms. The Balaban J connectivity index is 2.91. The van der Waals surface area contributed by atoms with E-state index in [1.54, 1.807) is 0 Å². The number of hydrogen-bond acceptors (Lipinski definition) is 5. The molecule has 0 fully saturated rings. The first-order valence-electron chi connectivity index (χ1n) is 4.98. The summed E-state index contributed by atoms with van der Waals surface area (Å²) in [6.07, 6.45) is 0. The average molecular weight is 224 g/mol. The molecule has 0 amide bonds. The van der Waals surface area contributed by atoms with Gasteiger partial charge in [-0.3, -0.25) is 0 Å². The third kappa shape index (κ3) is 2.87. The first-order valence-corrected chi connectivity index (χ1v) is 4.98. The van der Waals surface area contributed by atoms with Crippen molar-refractivity contribution in [3.05, 3.63) is 17.7 Å². The van der Waals surface area contributed by atoms with Crippen molar-refractivity contribution in [3.63, 3.8) is 0 Å². The molecule has 1 aromatic carbocycles. The molecule has 0 aromatic heterocycles. The van der Waals surface area contributed by atoms with Gasteiger partial charge in [-0.25, -0.2) is 0 Å². The topological polar surface area (TPSA) is 96.6 Å². The van der Waals surface area contributed by atoms with E-state index in [0.717, 1.165) is 12.1 Å². The molecule has 0 saturated carbocycles. The zero-order valence-electron chi connectivity index (χ0n) is 9.28. The SMILES string of the molecule is CC(C)NCC(=N)c1c(O)cc(O)cc1O. The molecule has 0 saturated heterocycles. The molecule has 0 atom stereocenters. The van der Waals surface area contributed by atoms with Gasteiger partial charge in [-0.05, 0) is 0 Å². The molecule has 1 aromatic rings. The number of phenolic OH excluding ortho intramolecular Hbond substituents is 3. The summed E-state index contributed by atoms with van der Waals surface area (Å²) in [7, 11) is 0. The third-order valence-corrected chi connectivity index (χ3v) is 2.07. The molecule has 0 aliphatic heterocycles. The molecule has 0 radical (unpaired) electrons. The molecule has 0 aliphatic carbocycles.